The van der Waals surface area contributed by atoms with Gasteiger partial charge in [-0.3, -0.25) is 4.79 Å². The standard InChI is InChI=1S/C16H23NO2/c17-15-9-5-4-8-14(15)10-11-16(18)19-12-13-6-2-1-3-7-13/h4-5,8-9,13H,1-3,6-7,10-12,17H2. The Balaban J connectivity index is 1.68. The molecule has 0 heterocycles. The first-order valence-corrected chi connectivity index (χ1v) is 7.24. The fourth-order valence-electron chi connectivity index (χ4n) is 2.64. The molecule has 3 heteroatoms. The molecular formula is C16H23NO2. The van der Waals surface area contributed by atoms with Gasteiger partial charge in [-0.25, -0.2) is 0 Å². The number of carbonyl (C=O) groups excluding carboxylic acids is 1. The highest BCUT2D eigenvalue weighted by atomic mass is 16.5. The number of para-hydroxylation sites is 1. The first-order valence-electron chi connectivity index (χ1n) is 7.24. The van der Waals surface area contributed by atoms with Crippen LogP contribution in [-0.4, -0.2) is 12.6 Å². The number of benzene rings is 1. The van der Waals surface area contributed by atoms with Crippen LogP contribution in [0.1, 0.15) is 44.1 Å². The van der Waals surface area contributed by atoms with Crippen molar-refractivity contribution in [1.29, 1.82) is 0 Å². The second-order valence-corrected chi connectivity index (χ2v) is 5.39. The summed E-state index contributed by atoms with van der Waals surface area (Å²) in [6.45, 7) is 0.600. The molecular weight excluding hydrogens is 238 g/mol. The molecule has 19 heavy (non-hydrogen) atoms. The van der Waals surface area contributed by atoms with E-state index in [4.69, 9.17) is 10.5 Å². The van der Waals surface area contributed by atoms with Gasteiger partial charge in [-0.15, -0.1) is 0 Å². The predicted molar refractivity (Wildman–Crippen MR) is 76.7 cm³/mol. The van der Waals surface area contributed by atoms with Gasteiger partial charge in [-0.1, -0.05) is 37.5 Å². The van der Waals surface area contributed by atoms with Crippen LogP contribution in [-0.2, 0) is 16.0 Å². The molecule has 1 aliphatic carbocycles. The quantitative estimate of drug-likeness (QED) is 0.653. The average Bonchev–Trinajstić information content (AvgIpc) is 2.45. The van der Waals surface area contributed by atoms with Gasteiger partial charge in [-0.2, -0.15) is 0 Å². The van der Waals surface area contributed by atoms with E-state index in [1.807, 2.05) is 24.3 Å². The van der Waals surface area contributed by atoms with E-state index < -0.39 is 0 Å². The predicted octanol–water partition coefficient (Wildman–Crippen LogP) is 3.32. The summed E-state index contributed by atoms with van der Waals surface area (Å²) in [4.78, 5) is 11.7. The van der Waals surface area contributed by atoms with Crippen LogP contribution in [0.15, 0.2) is 24.3 Å². The number of carbonyl (C=O) groups is 1. The van der Waals surface area contributed by atoms with Crippen molar-refractivity contribution in [2.45, 2.75) is 44.9 Å². The molecule has 1 aliphatic rings. The molecule has 1 saturated carbocycles. The molecule has 0 aliphatic heterocycles. The zero-order chi connectivity index (χ0) is 13.5. The highest BCUT2D eigenvalue weighted by molar-refractivity contribution is 5.70. The van der Waals surface area contributed by atoms with E-state index in [2.05, 4.69) is 0 Å². The smallest absolute Gasteiger partial charge is 0.306 e. The van der Waals surface area contributed by atoms with Gasteiger partial charge in [0.15, 0.2) is 0 Å². The third-order valence-electron chi connectivity index (χ3n) is 3.86. The molecule has 1 aromatic rings. The maximum atomic E-state index is 11.7. The minimum Gasteiger partial charge on any atom is -0.465 e. The van der Waals surface area contributed by atoms with E-state index in [1.165, 1.54) is 32.1 Å². The second kappa shape index (κ2) is 7.17. The van der Waals surface area contributed by atoms with Crippen LogP contribution in [0.25, 0.3) is 0 Å². The summed E-state index contributed by atoms with van der Waals surface area (Å²) >= 11 is 0. The third kappa shape index (κ3) is 4.58. The zero-order valence-electron chi connectivity index (χ0n) is 11.4. The Kier molecular flexibility index (Phi) is 5.25. The molecule has 1 aromatic carbocycles. The second-order valence-electron chi connectivity index (χ2n) is 5.39. The summed E-state index contributed by atoms with van der Waals surface area (Å²) < 4.78 is 5.36. The van der Waals surface area contributed by atoms with E-state index in [-0.39, 0.29) is 5.97 Å². The molecule has 0 aromatic heterocycles. The molecule has 2 rings (SSSR count). The average molecular weight is 261 g/mol. The number of rotatable bonds is 5. The number of hydrogen-bond acceptors (Lipinski definition) is 3. The Hall–Kier alpha value is -1.51. The van der Waals surface area contributed by atoms with Crippen molar-refractivity contribution in [2.24, 2.45) is 5.92 Å². The Bertz CT molecular complexity index is 411. The lowest BCUT2D eigenvalue weighted by Gasteiger charge is -2.21. The lowest BCUT2D eigenvalue weighted by Crippen LogP contribution is -2.17. The normalized spacial score (nSPS) is 16.2. The molecule has 0 unspecified atom stereocenters. The number of anilines is 1. The van der Waals surface area contributed by atoms with Gasteiger partial charge in [0.05, 0.1) is 6.61 Å². The summed E-state index contributed by atoms with van der Waals surface area (Å²) in [6, 6.07) is 7.67. The van der Waals surface area contributed by atoms with Crippen molar-refractivity contribution in [1.82, 2.24) is 0 Å². The summed E-state index contributed by atoms with van der Waals surface area (Å²) in [7, 11) is 0. The Labute approximate surface area is 115 Å². The lowest BCUT2D eigenvalue weighted by atomic mass is 9.90. The Morgan fingerprint density at radius 2 is 1.95 bits per heavy atom. The molecule has 0 bridgehead atoms. The molecule has 0 amide bonds. The summed E-state index contributed by atoms with van der Waals surface area (Å²) in [5.41, 5.74) is 7.62. The Morgan fingerprint density at radius 1 is 1.21 bits per heavy atom. The van der Waals surface area contributed by atoms with Crippen molar-refractivity contribution in [2.75, 3.05) is 12.3 Å². The minimum atomic E-state index is -0.103. The molecule has 0 atom stereocenters. The number of nitrogen functional groups attached to an aromatic ring is 1. The van der Waals surface area contributed by atoms with Crippen molar-refractivity contribution in [3.8, 4) is 0 Å². The largest absolute Gasteiger partial charge is 0.465 e. The highest BCUT2D eigenvalue weighted by Gasteiger charge is 2.15. The van der Waals surface area contributed by atoms with E-state index >= 15 is 0 Å². The topological polar surface area (TPSA) is 52.3 Å². The van der Waals surface area contributed by atoms with Crippen LogP contribution < -0.4 is 5.73 Å². The van der Waals surface area contributed by atoms with Crippen molar-refractivity contribution in [3.63, 3.8) is 0 Å². The van der Waals surface area contributed by atoms with Gasteiger partial charge in [-0.05, 0) is 36.8 Å². The van der Waals surface area contributed by atoms with Gasteiger partial charge in [0.2, 0.25) is 0 Å². The van der Waals surface area contributed by atoms with Crippen LogP contribution in [0.4, 0.5) is 5.69 Å². The number of hydrogen-bond donors (Lipinski definition) is 1. The fraction of sp³-hybridized carbons (Fsp3) is 0.562. The lowest BCUT2D eigenvalue weighted by molar-refractivity contribution is -0.145. The zero-order valence-corrected chi connectivity index (χ0v) is 11.4. The summed E-state index contributed by atoms with van der Waals surface area (Å²) in [6.07, 6.45) is 7.39. The third-order valence-corrected chi connectivity index (χ3v) is 3.86. The van der Waals surface area contributed by atoms with Crippen molar-refractivity contribution < 1.29 is 9.53 Å². The van der Waals surface area contributed by atoms with E-state index in [0.29, 0.717) is 25.4 Å². The first-order chi connectivity index (χ1) is 9.25. The van der Waals surface area contributed by atoms with E-state index in [0.717, 1.165) is 11.3 Å². The molecule has 3 nitrogen and oxygen atoms in total. The minimum absolute atomic E-state index is 0.103. The molecule has 0 radical (unpaired) electrons. The number of esters is 1. The van der Waals surface area contributed by atoms with Crippen molar-refractivity contribution in [3.05, 3.63) is 29.8 Å². The molecule has 0 saturated heterocycles. The van der Waals surface area contributed by atoms with Gasteiger partial charge < -0.3 is 10.5 Å². The van der Waals surface area contributed by atoms with Gasteiger partial charge in [0.1, 0.15) is 0 Å². The molecule has 0 spiro atoms. The van der Waals surface area contributed by atoms with Crippen LogP contribution in [0, 0.1) is 5.92 Å². The monoisotopic (exact) mass is 261 g/mol. The number of ether oxygens (including phenoxy) is 1. The van der Waals surface area contributed by atoms with E-state index in [1.54, 1.807) is 0 Å². The van der Waals surface area contributed by atoms with Crippen LogP contribution in [0.2, 0.25) is 0 Å². The SMILES string of the molecule is Nc1ccccc1CCC(=O)OCC1CCCCC1. The van der Waals surface area contributed by atoms with Gasteiger partial charge >= 0.3 is 5.97 Å². The van der Waals surface area contributed by atoms with Crippen LogP contribution in [0.5, 0.6) is 0 Å². The van der Waals surface area contributed by atoms with Gasteiger partial charge in [0.25, 0.3) is 0 Å². The first kappa shape index (κ1) is 13.9. The van der Waals surface area contributed by atoms with Crippen molar-refractivity contribution >= 4 is 11.7 Å². The van der Waals surface area contributed by atoms with E-state index in [9.17, 15) is 4.79 Å². The van der Waals surface area contributed by atoms with Crippen LogP contribution in [0.3, 0.4) is 0 Å². The van der Waals surface area contributed by atoms with Crippen LogP contribution >= 0.6 is 0 Å². The summed E-state index contributed by atoms with van der Waals surface area (Å²) in [5.74, 6) is 0.480. The number of aryl methyl sites for hydroxylation is 1. The fourth-order valence-corrected chi connectivity index (χ4v) is 2.64. The van der Waals surface area contributed by atoms with Gasteiger partial charge in [0, 0.05) is 12.1 Å². The Morgan fingerprint density at radius 3 is 2.68 bits per heavy atom. The molecule has 1 fully saturated rings. The maximum Gasteiger partial charge on any atom is 0.306 e. The highest BCUT2D eigenvalue weighted by Crippen LogP contribution is 2.23. The summed E-state index contributed by atoms with van der Waals surface area (Å²) in [5, 5.41) is 0. The molecule has 2 N–H and O–H groups in total. The molecule has 104 valence electrons. The number of nitrogens with two attached hydrogens (primary N) is 1. The maximum absolute atomic E-state index is 11.7.